The molecule has 1 aromatic carbocycles. The van der Waals surface area contributed by atoms with Crippen LogP contribution in [0.2, 0.25) is 0 Å². The average molecular weight is 194 g/mol. The Labute approximate surface area is 83.3 Å². The van der Waals surface area contributed by atoms with Gasteiger partial charge in [0.25, 0.3) is 5.69 Å². The van der Waals surface area contributed by atoms with Gasteiger partial charge in [0.1, 0.15) is 0 Å². The summed E-state index contributed by atoms with van der Waals surface area (Å²) in [5.41, 5.74) is 1.22. The third-order valence-corrected chi connectivity index (χ3v) is 2.36. The molecule has 0 aliphatic rings. The lowest BCUT2D eigenvalue weighted by Gasteiger charge is -2.19. The number of benzene rings is 1. The highest BCUT2D eigenvalue weighted by Gasteiger charge is 2.09. The second-order valence-electron chi connectivity index (χ2n) is 3.49. The van der Waals surface area contributed by atoms with Crippen LogP contribution in [0.15, 0.2) is 24.3 Å². The molecule has 0 N–H and O–H groups in total. The van der Waals surface area contributed by atoms with E-state index in [0.29, 0.717) is 0 Å². The molecule has 0 amide bonds. The van der Waals surface area contributed by atoms with E-state index in [1.165, 1.54) is 12.1 Å². The normalized spacial score (nSPS) is 12.9. The van der Waals surface area contributed by atoms with Gasteiger partial charge in [-0.2, -0.15) is 0 Å². The van der Waals surface area contributed by atoms with Gasteiger partial charge in [-0.25, -0.2) is 0 Å². The molecule has 14 heavy (non-hydrogen) atoms. The van der Waals surface area contributed by atoms with E-state index < -0.39 is 0 Å². The van der Waals surface area contributed by atoms with Gasteiger partial charge in [0.05, 0.1) is 4.92 Å². The first kappa shape index (κ1) is 10.7. The van der Waals surface area contributed by atoms with E-state index in [-0.39, 0.29) is 16.7 Å². The Morgan fingerprint density at radius 3 is 2.14 bits per heavy atom. The molecule has 0 fully saturated rings. The molecule has 1 aromatic rings. The van der Waals surface area contributed by atoms with Crippen LogP contribution in [-0.4, -0.2) is 23.9 Å². The van der Waals surface area contributed by atoms with E-state index in [9.17, 15) is 10.1 Å². The van der Waals surface area contributed by atoms with Gasteiger partial charge in [-0.05, 0) is 26.6 Å². The van der Waals surface area contributed by atoms with Gasteiger partial charge < -0.3 is 4.90 Å². The second kappa shape index (κ2) is 4.19. The molecule has 0 bridgehead atoms. The Bertz CT molecular complexity index is 319. The van der Waals surface area contributed by atoms with Crippen molar-refractivity contribution in [3.05, 3.63) is 39.9 Å². The first-order valence-electron chi connectivity index (χ1n) is 4.43. The highest BCUT2D eigenvalue weighted by atomic mass is 16.6. The Hall–Kier alpha value is -1.42. The minimum absolute atomic E-state index is 0.139. The summed E-state index contributed by atoms with van der Waals surface area (Å²) in [7, 11) is 3.96. The maximum atomic E-state index is 10.4. The van der Waals surface area contributed by atoms with E-state index in [1.807, 2.05) is 14.1 Å². The quantitative estimate of drug-likeness (QED) is 0.547. The summed E-state index contributed by atoms with van der Waals surface area (Å²) < 4.78 is 0. The molecule has 0 aromatic heterocycles. The molecule has 0 saturated heterocycles. The number of nitro groups is 1. The number of nitrogens with zero attached hydrogens (tertiary/aromatic N) is 2. The van der Waals surface area contributed by atoms with Crippen molar-refractivity contribution in [1.29, 1.82) is 0 Å². The zero-order valence-corrected chi connectivity index (χ0v) is 8.60. The minimum atomic E-state index is -0.385. The molecule has 0 unspecified atom stereocenters. The minimum Gasteiger partial charge on any atom is -0.303 e. The van der Waals surface area contributed by atoms with Crippen molar-refractivity contribution in [3.8, 4) is 0 Å². The monoisotopic (exact) mass is 194 g/mol. The first-order valence-corrected chi connectivity index (χ1v) is 4.43. The molecule has 0 heterocycles. The fraction of sp³-hybridized carbons (Fsp3) is 0.400. The van der Waals surface area contributed by atoms with Crippen LogP contribution >= 0.6 is 0 Å². The fourth-order valence-electron chi connectivity index (χ4n) is 1.17. The molecular weight excluding hydrogens is 180 g/mol. The molecule has 76 valence electrons. The topological polar surface area (TPSA) is 46.4 Å². The van der Waals surface area contributed by atoms with E-state index in [1.54, 1.807) is 12.1 Å². The zero-order valence-electron chi connectivity index (χ0n) is 8.60. The van der Waals surface area contributed by atoms with Gasteiger partial charge in [-0.3, -0.25) is 10.1 Å². The third kappa shape index (κ3) is 2.29. The lowest BCUT2D eigenvalue weighted by Crippen LogP contribution is -2.16. The number of hydrogen-bond donors (Lipinski definition) is 0. The SMILES string of the molecule is C[C@H](c1ccc([N+](=O)[O-])cc1)N(C)C. The lowest BCUT2D eigenvalue weighted by molar-refractivity contribution is -0.384. The maximum absolute atomic E-state index is 10.4. The lowest BCUT2D eigenvalue weighted by atomic mass is 10.1. The van der Waals surface area contributed by atoms with Crippen LogP contribution in [0.25, 0.3) is 0 Å². The van der Waals surface area contributed by atoms with Gasteiger partial charge in [-0.1, -0.05) is 12.1 Å². The number of rotatable bonds is 3. The van der Waals surface area contributed by atoms with Crippen LogP contribution < -0.4 is 0 Å². The van der Waals surface area contributed by atoms with Crippen LogP contribution in [0, 0.1) is 10.1 Å². The predicted molar refractivity (Wildman–Crippen MR) is 55.2 cm³/mol. The molecule has 0 radical (unpaired) electrons. The summed E-state index contributed by atoms with van der Waals surface area (Å²) in [5, 5.41) is 10.4. The van der Waals surface area contributed by atoms with Gasteiger partial charge in [0.15, 0.2) is 0 Å². The van der Waals surface area contributed by atoms with Gasteiger partial charge in [0, 0.05) is 18.2 Å². The highest BCUT2D eigenvalue weighted by molar-refractivity contribution is 5.33. The van der Waals surface area contributed by atoms with Crippen LogP contribution in [0.1, 0.15) is 18.5 Å². The van der Waals surface area contributed by atoms with Crippen molar-refractivity contribution in [1.82, 2.24) is 4.90 Å². The van der Waals surface area contributed by atoms with Crippen LogP contribution in [0.3, 0.4) is 0 Å². The van der Waals surface area contributed by atoms with Crippen molar-refractivity contribution >= 4 is 5.69 Å². The highest BCUT2D eigenvalue weighted by Crippen LogP contribution is 2.20. The summed E-state index contributed by atoms with van der Waals surface area (Å²) in [4.78, 5) is 12.1. The molecular formula is C10H14N2O2. The van der Waals surface area contributed by atoms with Crippen LogP contribution in [0.4, 0.5) is 5.69 Å². The van der Waals surface area contributed by atoms with Crippen LogP contribution in [0.5, 0.6) is 0 Å². The molecule has 0 aliphatic carbocycles. The standard InChI is InChI=1S/C10H14N2O2/c1-8(11(2)3)9-4-6-10(7-5-9)12(13)14/h4-8H,1-3H3/t8-/m1/s1. The smallest absolute Gasteiger partial charge is 0.269 e. The summed E-state index contributed by atoms with van der Waals surface area (Å²) in [6.07, 6.45) is 0. The zero-order chi connectivity index (χ0) is 10.7. The van der Waals surface area contributed by atoms with Crippen LogP contribution in [-0.2, 0) is 0 Å². The van der Waals surface area contributed by atoms with E-state index in [4.69, 9.17) is 0 Å². The number of hydrogen-bond acceptors (Lipinski definition) is 3. The third-order valence-electron chi connectivity index (χ3n) is 2.36. The van der Waals surface area contributed by atoms with Crippen molar-refractivity contribution in [2.75, 3.05) is 14.1 Å². The number of non-ortho nitro benzene ring substituents is 1. The van der Waals surface area contributed by atoms with Crippen molar-refractivity contribution < 1.29 is 4.92 Å². The average Bonchev–Trinajstić information content (AvgIpc) is 2.16. The van der Waals surface area contributed by atoms with Crippen molar-refractivity contribution in [2.45, 2.75) is 13.0 Å². The Kier molecular flexibility index (Phi) is 3.19. The Balaban J connectivity index is 2.88. The van der Waals surface area contributed by atoms with Gasteiger partial charge >= 0.3 is 0 Å². The molecule has 4 nitrogen and oxygen atoms in total. The Morgan fingerprint density at radius 1 is 1.29 bits per heavy atom. The second-order valence-corrected chi connectivity index (χ2v) is 3.49. The predicted octanol–water partition coefficient (Wildman–Crippen LogP) is 2.22. The molecule has 0 saturated carbocycles. The van der Waals surface area contributed by atoms with Crippen molar-refractivity contribution in [3.63, 3.8) is 0 Å². The fourth-order valence-corrected chi connectivity index (χ4v) is 1.17. The first-order chi connectivity index (χ1) is 6.52. The molecule has 1 rings (SSSR count). The summed E-state index contributed by atoms with van der Waals surface area (Å²) in [5.74, 6) is 0. The molecule has 0 aliphatic heterocycles. The number of nitro benzene ring substituents is 1. The summed E-state index contributed by atoms with van der Waals surface area (Å²) in [6, 6.07) is 6.94. The van der Waals surface area contributed by atoms with Crippen molar-refractivity contribution in [2.24, 2.45) is 0 Å². The summed E-state index contributed by atoms with van der Waals surface area (Å²) >= 11 is 0. The molecule has 4 heteroatoms. The largest absolute Gasteiger partial charge is 0.303 e. The Morgan fingerprint density at radius 2 is 1.79 bits per heavy atom. The van der Waals surface area contributed by atoms with Gasteiger partial charge in [0.2, 0.25) is 0 Å². The van der Waals surface area contributed by atoms with E-state index in [0.717, 1.165) is 5.56 Å². The summed E-state index contributed by atoms with van der Waals surface area (Å²) in [6.45, 7) is 2.06. The maximum Gasteiger partial charge on any atom is 0.269 e. The van der Waals surface area contributed by atoms with E-state index in [2.05, 4.69) is 11.8 Å². The molecule has 0 spiro atoms. The van der Waals surface area contributed by atoms with Gasteiger partial charge in [-0.15, -0.1) is 0 Å². The molecule has 1 atom stereocenters. The van der Waals surface area contributed by atoms with E-state index >= 15 is 0 Å².